The van der Waals surface area contributed by atoms with Crippen molar-refractivity contribution in [2.75, 3.05) is 12.3 Å². The molecule has 0 aliphatic carbocycles. The Hall–Kier alpha value is -0.470. The molecule has 0 aliphatic rings. The summed E-state index contributed by atoms with van der Waals surface area (Å²) < 4.78 is 0. The maximum Gasteiger partial charge on any atom is 0.0164 e. The van der Waals surface area contributed by atoms with E-state index in [4.69, 9.17) is 0 Å². The third-order valence-electron chi connectivity index (χ3n) is 3.59. The highest BCUT2D eigenvalue weighted by atomic mass is 32.2. The Morgan fingerprint density at radius 2 is 2.00 bits per heavy atom. The van der Waals surface area contributed by atoms with Gasteiger partial charge in [-0.15, -0.1) is 11.8 Å². The lowest BCUT2D eigenvalue weighted by atomic mass is 9.98. The minimum absolute atomic E-state index is 0.641. The predicted octanol–water partition coefficient (Wildman–Crippen LogP) is 5.28. The summed E-state index contributed by atoms with van der Waals surface area (Å²) in [6, 6.07) is 9.48. The highest BCUT2D eigenvalue weighted by Crippen LogP contribution is 2.22. The van der Waals surface area contributed by atoms with Crippen LogP contribution < -0.4 is 5.32 Å². The molecule has 1 aromatic carbocycles. The molecule has 2 atom stereocenters. The van der Waals surface area contributed by atoms with Crippen molar-refractivity contribution in [2.24, 2.45) is 5.92 Å². The Kier molecular flexibility index (Phi) is 9.04. The van der Waals surface area contributed by atoms with Gasteiger partial charge in [-0.2, -0.15) is 0 Å². The average molecular weight is 294 g/mol. The van der Waals surface area contributed by atoms with Crippen molar-refractivity contribution in [3.63, 3.8) is 0 Å². The normalized spacial score (nSPS) is 14.2. The second-order valence-electron chi connectivity index (χ2n) is 5.91. The van der Waals surface area contributed by atoms with Crippen molar-refractivity contribution in [3.05, 3.63) is 29.8 Å². The van der Waals surface area contributed by atoms with Crippen LogP contribution in [0, 0.1) is 12.8 Å². The van der Waals surface area contributed by atoms with Crippen LogP contribution >= 0.6 is 11.8 Å². The number of benzene rings is 1. The maximum atomic E-state index is 3.72. The van der Waals surface area contributed by atoms with Gasteiger partial charge in [0, 0.05) is 16.7 Å². The molecule has 1 aromatic rings. The molecule has 0 heterocycles. The Morgan fingerprint density at radius 3 is 2.65 bits per heavy atom. The van der Waals surface area contributed by atoms with Crippen LogP contribution in [0.1, 0.15) is 52.0 Å². The third-order valence-corrected chi connectivity index (χ3v) is 4.75. The first-order valence-corrected chi connectivity index (χ1v) is 9.07. The number of rotatable bonds is 10. The van der Waals surface area contributed by atoms with E-state index in [9.17, 15) is 0 Å². The second-order valence-corrected chi connectivity index (χ2v) is 7.00. The first-order chi connectivity index (χ1) is 9.65. The molecule has 0 aliphatic heterocycles. The molecule has 1 rings (SSSR count). The summed E-state index contributed by atoms with van der Waals surface area (Å²) in [5.41, 5.74) is 1.35. The fourth-order valence-electron chi connectivity index (χ4n) is 2.56. The molecular formula is C18H31NS. The van der Waals surface area contributed by atoms with Crippen molar-refractivity contribution in [1.82, 2.24) is 5.32 Å². The van der Waals surface area contributed by atoms with Crippen molar-refractivity contribution in [1.29, 1.82) is 0 Å². The summed E-state index contributed by atoms with van der Waals surface area (Å²) in [6.45, 7) is 10.2. The van der Waals surface area contributed by atoms with Crippen LogP contribution in [0.2, 0.25) is 0 Å². The highest BCUT2D eigenvalue weighted by molar-refractivity contribution is 7.99. The van der Waals surface area contributed by atoms with Crippen molar-refractivity contribution in [2.45, 2.75) is 64.3 Å². The summed E-state index contributed by atoms with van der Waals surface area (Å²) in [6.07, 6.45) is 5.16. The van der Waals surface area contributed by atoms with Gasteiger partial charge < -0.3 is 5.32 Å². The van der Waals surface area contributed by atoms with E-state index in [1.54, 1.807) is 0 Å². The van der Waals surface area contributed by atoms with E-state index in [2.05, 4.69) is 57.3 Å². The van der Waals surface area contributed by atoms with Gasteiger partial charge >= 0.3 is 0 Å². The molecule has 0 spiro atoms. The summed E-state index contributed by atoms with van der Waals surface area (Å²) in [4.78, 5) is 1.40. The van der Waals surface area contributed by atoms with Crippen LogP contribution in [0.3, 0.4) is 0 Å². The summed E-state index contributed by atoms with van der Waals surface area (Å²) >= 11 is 1.99. The summed E-state index contributed by atoms with van der Waals surface area (Å²) in [5, 5.41) is 3.72. The standard InChI is InChI=1S/C18H31NS/c1-5-8-15(3)12-17(19-11-6-2)14-20-18-10-7-9-16(4)13-18/h7,9-10,13,15,17,19H,5-6,8,11-12,14H2,1-4H3. The van der Waals surface area contributed by atoms with E-state index in [1.165, 1.54) is 41.9 Å². The lowest BCUT2D eigenvalue weighted by Crippen LogP contribution is -2.33. The zero-order valence-electron chi connectivity index (χ0n) is 13.6. The number of thioether (sulfide) groups is 1. The minimum Gasteiger partial charge on any atom is -0.313 e. The fraction of sp³-hybridized carbons (Fsp3) is 0.667. The first-order valence-electron chi connectivity index (χ1n) is 8.08. The zero-order valence-corrected chi connectivity index (χ0v) is 14.4. The van der Waals surface area contributed by atoms with Gasteiger partial charge in [0.25, 0.3) is 0 Å². The Balaban J connectivity index is 2.46. The molecule has 20 heavy (non-hydrogen) atoms. The smallest absolute Gasteiger partial charge is 0.0164 e. The Labute approximate surface area is 129 Å². The molecule has 0 fully saturated rings. The molecule has 0 radical (unpaired) electrons. The van der Waals surface area contributed by atoms with Crippen LogP contribution in [0.4, 0.5) is 0 Å². The largest absolute Gasteiger partial charge is 0.313 e. The number of nitrogens with one attached hydrogen (secondary N) is 1. The van der Waals surface area contributed by atoms with Gasteiger partial charge in [0.05, 0.1) is 0 Å². The number of aryl methyl sites for hydroxylation is 1. The summed E-state index contributed by atoms with van der Waals surface area (Å²) in [5.74, 6) is 2.00. The highest BCUT2D eigenvalue weighted by Gasteiger charge is 2.12. The monoisotopic (exact) mass is 293 g/mol. The lowest BCUT2D eigenvalue weighted by Gasteiger charge is -2.22. The minimum atomic E-state index is 0.641. The molecule has 1 N–H and O–H groups in total. The van der Waals surface area contributed by atoms with E-state index in [0.29, 0.717) is 6.04 Å². The van der Waals surface area contributed by atoms with Crippen LogP contribution in [-0.2, 0) is 0 Å². The first kappa shape index (κ1) is 17.6. The summed E-state index contributed by atoms with van der Waals surface area (Å²) in [7, 11) is 0. The Morgan fingerprint density at radius 1 is 1.20 bits per heavy atom. The predicted molar refractivity (Wildman–Crippen MR) is 92.7 cm³/mol. The SMILES string of the molecule is CCCNC(CSc1cccc(C)c1)CC(C)CCC. The van der Waals surface area contributed by atoms with Gasteiger partial charge in [0.2, 0.25) is 0 Å². The Bertz CT molecular complexity index is 364. The van der Waals surface area contributed by atoms with Gasteiger partial charge in [0.1, 0.15) is 0 Å². The zero-order chi connectivity index (χ0) is 14.8. The molecule has 0 saturated heterocycles. The van der Waals surface area contributed by atoms with Gasteiger partial charge in [0.15, 0.2) is 0 Å². The van der Waals surface area contributed by atoms with E-state index in [0.717, 1.165) is 12.5 Å². The average Bonchev–Trinajstić information content (AvgIpc) is 2.42. The second kappa shape index (κ2) is 10.3. The third kappa shape index (κ3) is 7.35. The molecule has 114 valence electrons. The molecular weight excluding hydrogens is 262 g/mol. The number of hydrogen-bond donors (Lipinski definition) is 1. The van der Waals surface area contributed by atoms with E-state index in [-0.39, 0.29) is 0 Å². The van der Waals surface area contributed by atoms with Crippen LogP contribution in [-0.4, -0.2) is 18.3 Å². The fourth-order valence-corrected chi connectivity index (χ4v) is 3.65. The molecule has 0 amide bonds. The molecule has 0 bridgehead atoms. The molecule has 1 nitrogen and oxygen atoms in total. The molecule has 0 saturated carbocycles. The molecule has 2 heteroatoms. The van der Waals surface area contributed by atoms with Crippen LogP contribution in [0.15, 0.2) is 29.2 Å². The maximum absolute atomic E-state index is 3.72. The van der Waals surface area contributed by atoms with Gasteiger partial charge in [-0.05, 0) is 44.4 Å². The van der Waals surface area contributed by atoms with E-state index < -0.39 is 0 Å². The topological polar surface area (TPSA) is 12.0 Å². The molecule has 2 unspecified atom stereocenters. The van der Waals surface area contributed by atoms with Crippen LogP contribution in [0.5, 0.6) is 0 Å². The van der Waals surface area contributed by atoms with Crippen molar-refractivity contribution >= 4 is 11.8 Å². The van der Waals surface area contributed by atoms with E-state index in [1.807, 2.05) is 11.8 Å². The quantitative estimate of drug-likeness (QED) is 0.589. The van der Waals surface area contributed by atoms with E-state index >= 15 is 0 Å². The van der Waals surface area contributed by atoms with Gasteiger partial charge in [-0.3, -0.25) is 0 Å². The number of hydrogen-bond acceptors (Lipinski definition) is 2. The van der Waals surface area contributed by atoms with Gasteiger partial charge in [-0.1, -0.05) is 51.3 Å². The lowest BCUT2D eigenvalue weighted by molar-refractivity contribution is 0.404. The van der Waals surface area contributed by atoms with Crippen LogP contribution in [0.25, 0.3) is 0 Å². The van der Waals surface area contributed by atoms with Gasteiger partial charge in [-0.25, -0.2) is 0 Å². The van der Waals surface area contributed by atoms with Crippen molar-refractivity contribution in [3.8, 4) is 0 Å². The van der Waals surface area contributed by atoms with Crippen molar-refractivity contribution < 1.29 is 0 Å². The molecule has 0 aromatic heterocycles.